The highest BCUT2D eigenvalue weighted by molar-refractivity contribution is 7.92. The zero-order chi connectivity index (χ0) is 18.0. The molecule has 0 aliphatic heterocycles. The van der Waals surface area contributed by atoms with Crippen LogP contribution in [0.2, 0.25) is 0 Å². The van der Waals surface area contributed by atoms with Crippen molar-refractivity contribution in [3.8, 4) is 5.75 Å². The number of carbonyl (C=O) groups excluding carboxylic acids is 1. The van der Waals surface area contributed by atoms with Crippen molar-refractivity contribution >= 4 is 38.2 Å². The number of nitrogens with one attached hydrogen (secondary N) is 3. The van der Waals surface area contributed by atoms with Gasteiger partial charge in [0.25, 0.3) is 5.91 Å². The summed E-state index contributed by atoms with van der Waals surface area (Å²) in [6.45, 7) is 0. The van der Waals surface area contributed by atoms with Crippen LogP contribution in [0.25, 0.3) is 10.9 Å². The second-order valence-electron chi connectivity index (χ2n) is 5.51. The Kier molecular flexibility index (Phi) is 4.37. The summed E-state index contributed by atoms with van der Waals surface area (Å²) < 4.78 is 30.4. The minimum Gasteiger partial charge on any atom is -0.497 e. The number of H-pyrrole nitrogens is 1. The molecular weight excluding hydrogens is 342 g/mol. The van der Waals surface area contributed by atoms with E-state index in [1.54, 1.807) is 43.5 Å². The monoisotopic (exact) mass is 359 g/mol. The topological polar surface area (TPSA) is 100 Å². The molecule has 1 aromatic heterocycles. The summed E-state index contributed by atoms with van der Waals surface area (Å²) >= 11 is 0. The summed E-state index contributed by atoms with van der Waals surface area (Å²) in [4.78, 5) is 15.5. The molecule has 1 heterocycles. The molecule has 8 heteroatoms. The van der Waals surface area contributed by atoms with Gasteiger partial charge in [0.2, 0.25) is 10.0 Å². The number of aromatic amines is 1. The Labute approximate surface area is 145 Å². The third-order valence-corrected chi connectivity index (χ3v) is 4.14. The predicted octanol–water partition coefficient (Wildman–Crippen LogP) is 2.80. The van der Waals surface area contributed by atoms with Crippen molar-refractivity contribution in [1.82, 2.24) is 4.98 Å². The Morgan fingerprint density at radius 2 is 1.80 bits per heavy atom. The number of rotatable bonds is 5. The fourth-order valence-corrected chi connectivity index (χ4v) is 3.00. The molecule has 1 amide bonds. The van der Waals surface area contributed by atoms with E-state index in [1.165, 1.54) is 0 Å². The molecule has 0 saturated heterocycles. The van der Waals surface area contributed by atoms with Crippen molar-refractivity contribution in [2.75, 3.05) is 23.4 Å². The van der Waals surface area contributed by atoms with Gasteiger partial charge in [0.05, 0.1) is 24.7 Å². The van der Waals surface area contributed by atoms with Gasteiger partial charge < -0.3 is 15.0 Å². The zero-order valence-electron chi connectivity index (χ0n) is 13.7. The molecule has 0 bridgehead atoms. The Balaban J connectivity index is 1.88. The van der Waals surface area contributed by atoms with Gasteiger partial charge in [-0.25, -0.2) is 8.42 Å². The summed E-state index contributed by atoms with van der Waals surface area (Å²) in [7, 11) is -1.88. The molecule has 3 aromatic rings. The summed E-state index contributed by atoms with van der Waals surface area (Å²) in [5, 5.41) is 3.58. The lowest BCUT2D eigenvalue weighted by atomic mass is 10.2. The van der Waals surface area contributed by atoms with Crippen LogP contribution in [0.3, 0.4) is 0 Å². The van der Waals surface area contributed by atoms with Crippen molar-refractivity contribution < 1.29 is 17.9 Å². The number of methoxy groups -OCH3 is 1. The second kappa shape index (κ2) is 6.48. The highest BCUT2D eigenvalue weighted by Gasteiger charge is 2.13. The molecule has 0 atom stereocenters. The van der Waals surface area contributed by atoms with Gasteiger partial charge in [-0.3, -0.25) is 9.52 Å². The Hall–Kier alpha value is -3.00. The van der Waals surface area contributed by atoms with E-state index in [0.29, 0.717) is 22.8 Å². The highest BCUT2D eigenvalue weighted by atomic mass is 32.2. The van der Waals surface area contributed by atoms with Crippen LogP contribution < -0.4 is 14.8 Å². The number of ether oxygens (including phenoxy) is 1. The minimum absolute atomic E-state index is 0.302. The molecule has 3 N–H and O–H groups in total. The quantitative estimate of drug-likeness (QED) is 0.652. The van der Waals surface area contributed by atoms with Gasteiger partial charge in [0, 0.05) is 17.0 Å². The van der Waals surface area contributed by atoms with Gasteiger partial charge in [-0.15, -0.1) is 0 Å². The van der Waals surface area contributed by atoms with Gasteiger partial charge in [0.1, 0.15) is 11.4 Å². The fourth-order valence-electron chi connectivity index (χ4n) is 2.43. The summed E-state index contributed by atoms with van der Waals surface area (Å²) in [5.41, 5.74) is 1.80. The lowest BCUT2D eigenvalue weighted by molar-refractivity contribution is 0.102. The largest absolute Gasteiger partial charge is 0.497 e. The van der Waals surface area contributed by atoms with Crippen LogP contribution in [0.5, 0.6) is 5.75 Å². The van der Waals surface area contributed by atoms with Crippen molar-refractivity contribution in [1.29, 1.82) is 0 Å². The number of carbonyl (C=O) groups is 1. The van der Waals surface area contributed by atoms with E-state index in [4.69, 9.17) is 4.74 Å². The van der Waals surface area contributed by atoms with E-state index in [-0.39, 0.29) is 5.91 Å². The van der Waals surface area contributed by atoms with E-state index >= 15 is 0 Å². The molecule has 0 aliphatic rings. The SMILES string of the molecule is COc1ccc2cc(C(=O)Nc3ccccc3NS(C)(=O)=O)[nH]c2c1. The number of sulfonamides is 1. The van der Waals surface area contributed by atoms with E-state index in [1.807, 2.05) is 12.1 Å². The van der Waals surface area contributed by atoms with Crippen molar-refractivity contribution in [3.63, 3.8) is 0 Å². The van der Waals surface area contributed by atoms with Crippen LogP contribution >= 0.6 is 0 Å². The fraction of sp³-hybridized carbons (Fsp3) is 0.118. The van der Waals surface area contributed by atoms with Crippen molar-refractivity contribution in [2.45, 2.75) is 0 Å². The number of anilines is 2. The maximum atomic E-state index is 12.5. The molecular formula is C17H17N3O4S. The molecule has 3 rings (SSSR count). The van der Waals surface area contributed by atoms with E-state index < -0.39 is 10.0 Å². The van der Waals surface area contributed by atoms with E-state index in [0.717, 1.165) is 17.2 Å². The first-order valence-corrected chi connectivity index (χ1v) is 9.30. The maximum Gasteiger partial charge on any atom is 0.272 e. The summed E-state index contributed by atoms with van der Waals surface area (Å²) in [5.74, 6) is 0.307. The normalized spacial score (nSPS) is 11.3. The highest BCUT2D eigenvalue weighted by Crippen LogP contribution is 2.24. The van der Waals surface area contributed by atoms with Gasteiger partial charge in [0.15, 0.2) is 0 Å². The molecule has 0 unspecified atom stereocenters. The predicted molar refractivity (Wildman–Crippen MR) is 97.7 cm³/mol. The van der Waals surface area contributed by atoms with Crippen LogP contribution in [0.4, 0.5) is 11.4 Å². The van der Waals surface area contributed by atoms with Gasteiger partial charge in [-0.1, -0.05) is 12.1 Å². The first-order valence-electron chi connectivity index (χ1n) is 7.40. The van der Waals surface area contributed by atoms with Gasteiger partial charge >= 0.3 is 0 Å². The van der Waals surface area contributed by atoms with Crippen LogP contribution in [-0.2, 0) is 10.0 Å². The second-order valence-corrected chi connectivity index (χ2v) is 7.26. The third-order valence-electron chi connectivity index (χ3n) is 3.54. The van der Waals surface area contributed by atoms with E-state index in [2.05, 4.69) is 15.0 Å². The maximum absolute atomic E-state index is 12.5. The van der Waals surface area contributed by atoms with E-state index in [9.17, 15) is 13.2 Å². The molecule has 130 valence electrons. The first-order chi connectivity index (χ1) is 11.9. The molecule has 0 fully saturated rings. The number of fused-ring (bicyclic) bond motifs is 1. The van der Waals surface area contributed by atoms with Crippen LogP contribution in [-0.4, -0.2) is 32.7 Å². The summed E-state index contributed by atoms with van der Waals surface area (Å²) in [6, 6.07) is 13.8. The first kappa shape index (κ1) is 16.8. The molecule has 0 spiro atoms. The third kappa shape index (κ3) is 3.92. The minimum atomic E-state index is -3.45. The van der Waals surface area contributed by atoms with Crippen LogP contribution in [0, 0.1) is 0 Å². The van der Waals surface area contributed by atoms with Crippen LogP contribution in [0.1, 0.15) is 10.5 Å². The Morgan fingerprint density at radius 3 is 2.48 bits per heavy atom. The van der Waals surface area contributed by atoms with Crippen molar-refractivity contribution in [2.24, 2.45) is 0 Å². The van der Waals surface area contributed by atoms with Crippen LogP contribution in [0.15, 0.2) is 48.5 Å². The smallest absolute Gasteiger partial charge is 0.272 e. The number of hydrogen-bond donors (Lipinski definition) is 3. The van der Waals surface area contributed by atoms with Gasteiger partial charge in [-0.2, -0.15) is 0 Å². The number of benzene rings is 2. The number of para-hydroxylation sites is 2. The molecule has 7 nitrogen and oxygen atoms in total. The Bertz CT molecular complexity index is 1040. The molecule has 0 saturated carbocycles. The lowest BCUT2D eigenvalue weighted by Gasteiger charge is -2.11. The lowest BCUT2D eigenvalue weighted by Crippen LogP contribution is -2.16. The number of amides is 1. The van der Waals surface area contributed by atoms with Gasteiger partial charge in [-0.05, 0) is 30.3 Å². The standard InChI is InChI=1S/C17H17N3O4S/c1-24-12-8-7-11-9-16(18-15(11)10-12)17(21)19-13-5-3-4-6-14(13)20-25(2,22)23/h3-10,18,20H,1-2H3,(H,19,21). The average Bonchev–Trinajstić information content (AvgIpc) is 2.98. The average molecular weight is 359 g/mol. The molecule has 25 heavy (non-hydrogen) atoms. The molecule has 0 aliphatic carbocycles. The molecule has 2 aromatic carbocycles. The number of hydrogen-bond acceptors (Lipinski definition) is 4. The molecule has 0 radical (unpaired) electrons. The Morgan fingerprint density at radius 1 is 1.08 bits per heavy atom. The summed E-state index contributed by atoms with van der Waals surface area (Å²) in [6.07, 6.45) is 1.05. The number of aromatic nitrogens is 1. The van der Waals surface area contributed by atoms with Crippen molar-refractivity contribution in [3.05, 3.63) is 54.2 Å². The zero-order valence-corrected chi connectivity index (χ0v) is 14.5.